The number of rotatable bonds is 6. The summed E-state index contributed by atoms with van der Waals surface area (Å²) >= 11 is 6.54. The van der Waals surface area contributed by atoms with E-state index in [0.717, 1.165) is 4.90 Å². The minimum atomic E-state index is -1.02. The first-order chi connectivity index (χ1) is 16.2. The van der Waals surface area contributed by atoms with Gasteiger partial charge in [0.25, 0.3) is 11.1 Å². The highest BCUT2D eigenvalue weighted by molar-refractivity contribution is 8.18. The number of imide groups is 1. The first kappa shape index (κ1) is 23.3. The number of nitrogens with zero attached hydrogens (tertiary/aromatic N) is 1. The topological polar surface area (TPSA) is 117 Å². The van der Waals surface area contributed by atoms with Gasteiger partial charge in [0.1, 0.15) is 18.1 Å². The van der Waals surface area contributed by atoms with Gasteiger partial charge in [-0.1, -0.05) is 17.7 Å². The minimum Gasteiger partial charge on any atom is -0.478 e. The molecule has 2 aromatic carbocycles. The van der Waals surface area contributed by atoms with Gasteiger partial charge in [0.15, 0.2) is 0 Å². The number of amides is 3. The molecule has 2 heterocycles. The molecule has 0 radical (unpaired) electrons. The molecule has 10 heteroatoms. The zero-order valence-corrected chi connectivity index (χ0v) is 19.3. The Balaban J connectivity index is 1.46. The van der Waals surface area contributed by atoms with Crippen LogP contribution in [0.1, 0.15) is 21.7 Å². The second-order valence-corrected chi connectivity index (χ2v) is 8.79. The van der Waals surface area contributed by atoms with Crippen molar-refractivity contribution in [2.75, 3.05) is 11.9 Å². The molecular formula is C24H17ClN2O6S. The highest BCUT2D eigenvalue weighted by atomic mass is 35.5. The molecule has 3 amide bonds. The third-order valence-corrected chi connectivity index (χ3v) is 6.10. The van der Waals surface area contributed by atoms with Gasteiger partial charge in [-0.25, -0.2) is 4.79 Å². The number of thioether (sulfide) groups is 1. The van der Waals surface area contributed by atoms with Crippen molar-refractivity contribution in [1.82, 2.24) is 4.90 Å². The molecule has 1 aliphatic heterocycles. The number of aryl methyl sites for hydroxylation is 1. The van der Waals surface area contributed by atoms with Crippen molar-refractivity contribution < 1.29 is 28.7 Å². The fourth-order valence-electron chi connectivity index (χ4n) is 3.29. The Bertz CT molecular complexity index is 1350. The maximum atomic E-state index is 12.7. The van der Waals surface area contributed by atoms with Crippen LogP contribution < -0.4 is 5.32 Å². The molecule has 4 rings (SSSR count). The molecule has 3 aromatic rings. The number of carbonyl (C=O) groups is 4. The van der Waals surface area contributed by atoms with Crippen molar-refractivity contribution in [3.63, 3.8) is 0 Å². The van der Waals surface area contributed by atoms with Gasteiger partial charge in [-0.2, -0.15) is 0 Å². The Labute approximate surface area is 203 Å². The Kier molecular flexibility index (Phi) is 6.58. The Hall–Kier alpha value is -3.82. The van der Waals surface area contributed by atoms with Crippen LogP contribution in [0.5, 0.6) is 0 Å². The fraction of sp³-hybridized carbons (Fsp3) is 0.0833. The van der Waals surface area contributed by atoms with E-state index in [9.17, 15) is 19.2 Å². The number of benzene rings is 2. The standard InChI is InChI=1S/C24H17ClN2O6S/c1-13-10-14(23(30)31)2-8-18(13)19-9-7-17(33-19)11-20-22(29)27(24(32)34-20)12-21(28)26-16-5-3-15(25)4-6-16/h2-11H,12H2,1H3,(H,26,28)(H,30,31)/b20-11+. The first-order valence-corrected chi connectivity index (χ1v) is 11.2. The van der Waals surface area contributed by atoms with E-state index in [0.29, 0.717) is 45.1 Å². The quantitative estimate of drug-likeness (QED) is 0.446. The molecule has 2 N–H and O–H groups in total. The van der Waals surface area contributed by atoms with Crippen LogP contribution in [0, 0.1) is 6.92 Å². The van der Waals surface area contributed by atoms with Gasteiger partial charge in [0.2, 0.25) is 5.91 Å². The van der Waals surface area contributed by atoms with E-state index in [1.807, 2.05) is 0 Å². The average Bonchev–Trinajstić information content (AvgIpc) is 3.35. The van der Waals surface area contributed by atoms with Gasteiger partial charge < -0.3 is 14.8 Å². The molecule has 1 saturated heterocycles. The summed E-state index contributed by atoms with van der Waals surface area (Å²) in [6.07, 6.45) is 1.44. The largest absolute Gasteiger partial charge is 0.478 e. The maximum Gasteiger partial charge on any atom is 0.335 e. The number of hydrogen-bond acceptors (Lipinski definition) is 6. The zero-order chi connectivity index (χ0) is 24.4. The summed E-state index contributed by atoms with van der Waals surface area (Å²) in [6.45, 7) is 1.34. The van der Waals surface area contributed by atoms with Gasteiger partial charge in [-0.15, -0.1) is 0 Å². The number of carboxylic acid groups (broad SMARTS) is 1. The lowest BCUT2D eigenvalue weighted by atomic mass is 10.0. The van der Waals surface area contributed by atoms with Crippen molar-refractivity contribution >= 4 is 58.1 Å². The van der Waals surface area contributed by atoms with Crippen molar-refractivity contribution in [3.8, 4) is 11.3 Å². The second kappa shape index (κ2) is 9.58. The van der Waals surface area contributed by atoms with E-state index in [4.69, 9.17) is 21.1 Å². The molecule has 0 atom stereocenters. The number of nitrogens with one attached hydrogen (secondary N) is 1. The van der Waals surface area contributed by atoms with Gasteiger partial charge in [0, 0.05) is 22.3 Å². The van der Waals surface area contributed by atoms with Crippen LogP contribution in [-0.4, -0.2) is 39.6 Å². The number of halogens is 1. The molecule has 1 aliphatic rings. The average molecular weight is 497 g/mol. The van der Waals surface area contributed by atoms with Crippen LogP contribution in [0.25, 0.3) is 17.4 Å². The van der Waals surface area contributed by atoms with Crippen LogP contribution in [-0.2, 0) is 9.59 Å². The molecule has 172 valence electrons. The number of carboxylic acids is 1. The smallest absolute Gasteiger partial charge is 0.335 e. The number of anilines is 1. The first-order valence-electron chi connectivity index (χ1n) is 9.96. The highest BCUT2D eigenvalue weighted by Gasteiger charge is 2.36. The van der Waals surface area contributed by atoms with E-state index in [1.54, 1.807) is 55.5 Å². The second-order valence-electron chi connectivity index (χ2n) is 7.36. The van der Waals surface area contributed by atoms with Crippen LogP contribution in [0.3, 0.4) is 0 Å². The molecule has 0 spiro atoms. The molecule has 0 aliphatic carbocycles. The third-order valence-electron chi connectivity index (χ3n) is 4.94. The molecule has 0 unspecified atom stereocenters. The van der Waals surface area contributed by atoms with Crippen molar-refractivity contribution in [2.45, 2.75) is 6.92 Å². The van der Waals surface area contributed by atoms with E-state index in [1.165, 1.54) is 12.1 Å². The Morgan fingerprint density at radius 2 is 1.85 bits per heavy atom. The normalized spacial score (nSPS) is 14.6. The molecule has 8 nitrogen and oxygen atoms in total. The van der Waals surface area contributed by atoms with Crippen LogP contribution >= 0.6 is 23.4 Å². The van der Waals surface area contributed by atoms with E-state index >= 15 is 0 Å². The van der Waals surface area contributed by atoms with Crippen LogP contribution in [0.2, 0.25) is 5.02 Å². The van der Waals surface area contributed by atoms with Crippen LogP contribution in [0.4, 0.5) is 10.5 Å². The lowest BCUT2D eigenvalue weighted by molar-refractivity contribution is -0.127. The lowest BCUT2D eigenvalue weighted by Crippen LogP contribution is -2.36. The summed E-state index contributed by atoms with van der Waals surface area (Å²) in [5, 5.41) is 11.7. The molecule has 1 aromatic heterocycles. The van der Waals surface area contributed by atoms with Crippen molar-refractivity contribution in [1.29, 1.82) is 0 Å². The molecule has 0 saturated carbocycles. The molecule has 1 fully saturated rings. The number of hydrogen-bond donors (Lipinski definition) is 2. The zero-order valence-electron chi connectivity index (χ0n) is 17.7. The third kappa shape index (κ3) is 5.05. The Morgan fingerprint density at radius 3 is 2.53 bits per heavy atom. The van der Waals surface area contributed by atoms with Crippen molar-refractivity contribution in [2.24, 2.45) is 0 Å². The van der Waals surface area contributed by atoms with Gasteiger partial charge >= 0.3 is 5.97 Å². The monoisotopic (exact) mass is 496 g/mol. The summed E-state index contributed by atoms with van der Waals surface area (Å²) in [4.78, 5) is 49.4. The number of aromatic carboxylic acids is 1. The SMILES string of the molecule is Cc1cc(C(=O)O)ccc1-c1ccc(/C=C2/SC(=O)N(CC(=O)Nc3ccc(Cl)cc3)C2=O)o1. The summed E-state index contributed by atoms with van der Waals surface area (Å²) < 4.78 is 5.79. The predicted octanol–water partition coefficient (Wildman–Crippen LogP) is 5.28. The molecule has 34 heavy (non-hydrogen) atoms. The summed E-state index contributed by atoms with van der Waals surface area (Å²) in [6, 6.07) is 14.4. The van der Waals surface area contributed by atoms with Gasteiger partial charge in [0.05, 0.1) is 10.5 Å². The minimum absolute atomic E-state index is 0.128. The summed E-state index contributed by atoms with van der Waals surface area (Å²) in [7, 11) is 0. The van der Waals surface area contributed by atoms with Crippen molar-refractivity contribution in [3.05, 3.63) is 81.4 Å². The van der Waals surface area contributed by atoms with Gasteiger partial charge in [-0.3, -0.25) is 19.3 Å². The highest BCUT2D eigenvalue weighted by Crippen LogP contribution is 2.34. The summed E-state index contributed by atoms with van der Waals surface area (Å²) in [5.41, 5.74) is 2.08. The van der Waals surface area contributed by atoms with Crippen LogP contribution in [0.15, 0.2) is 63.9 Å². The van der Waals surface area contributed by atoms with E-state index in [2.05, 4.69) is 5.32 Å². The maximum absolute atomic E-state index is 12.7. The van der Waals surface area contributed by atoms with Gasteiger partial charge in [-0.05, 0) is 72.8 Å². The van der Waals surface area contributed by atoms with E-state index in [-0.39, 0.29) is 10.5 Å². The summed E-state index contributed by atoms with van der Waals surface area (Å²) in [5.74, 6) is -1.31. The van der Waals surface area contributed by atoms with E-state index < -0.39 is 29.6 Å². The number of furan rings is 1. The lowest BCUT2D eigenvalue weighted by Gasteiger charge is -2.12. The number of carbonyl (C=O) groups excluding carboxylic acids is 3. The fourth-order valence-corrected chi connectivity index (χ4v) is 4.24. The Morgan fingerprint density at radius 1 is 1.12 bits per heavy atom. The predicted molar refractivity (Wildman–Crippen MR) is 129 cm³/mol. The molecular weight excluding hydrogens is 480 g/mol. The molecule has 0 bridgehead atoms.